The van der Waals surface area contributed by atoms with Crippen LogP contribution < -0.4 is 0 Å². The first-order chi connectivity index (χ1) is 11.0. The maximum Gasteiger partial charge on any atom is 0.0903 e. The third-order valence-corrected chi connectivity index (χ3v) is 6.32. The fourth-order valence-electron chi connectivity index (χ4n) is 5.30. The number of aliphatic hydroxyl groups excluding tert-OH is 1. The summed E-state index contributed by atoms with van der Waals surface area (Å²) in [5, 5.41) is 32.6. The van der Waals surface area contributed by atoms with Crippen LogP contribution in [0.4, 0.5) is 0 Å². The highest BCUT2D eigenvalue weighted by atomic mass is 16.5. The van der Waals surface area contributed by atoms with Crippen molar-refractivity contribution in [2.24, 2.45) is 17.8 Å². The summed E-state index contributed by atoms with van der Waals surface area (Å²) in [4.78, 5) is 0. The molecule has 0 spiro atoms. The number of ether oxygens (including phenoxy) is 1. The van der Waals surface area contributed by atoms with Crippen LogP contribution in [0.3, 0.4) is 0 Å². The molecule has 0 aromatic rings. The Labute approximate surface area is 145 Å². The van der Waals surface area contributed by atoms with Gasteiger partial charge < -0.3 is 20.1 Å². The minimum Gasteiger partial charge on any atom is -0.390 e. The van der Waals surface area contributed by atoms with Gasteiger partial charge in [-0.2, -0.15) is 0 Å². The number of allylic oxidation sites excluding steroid dienone is 1. The second-order valence-corrected chi connectivity index (χ2v) is 8.93. The molecule has 3 rings (SSSR count). The Morgan fingerprint density at radius 1 is 1.29 bits per heavy atom. The summed E-state index contributed by atoms with van der Waals surface area (Å²) in [6, 6.07) is 0. The van der Waals surface area contributed by atoms with Gasteiger partial charge >= 0.3 is 0 Å². The molecule has 1 fully saturated rings. The molecule has 4 heteroatoms. The van der Waals surface area contributed by atoms with Crippen LogP contribution in [0.5, 0.6) is 0 Å². The van der Waals surface area contributed by atoms with E-state index in [1.54, 1.807) is 13.8 Å². The van der Waals surface area contributed by atoms with E-state index in [1.807, 2.05) is 19.9 Å². The van der Waals surface area contributed by atoms with Gasteiger partial charge in [-0.1, -0.05) is 23.3 Å². The highest BCUT2D eigenvalue weighted by Gasteiger charge is 2.59. The second-order valence-electron chi connectivity index (χ2n) is 8.93. The van der Waals surface area contributed by atoms with Crippen LogP contribution in [-0.2, 0) is 4.74 Å². The molecule has 2 bridgehead atoms. The summed E-state index contributed by atoms with van der Waals surface area (Å²) in [5.41, 5.74) is 0.390. The van der Waals surface area contributed by atoms with E-state index in [-0.39, 0.29) is 30.0 Å². The van der Waals surface area contributed by atoms with Gasteiger partial charge in [0.2, 0.25) is 0 Å². The average molecular weight is 336 g/mol. The third-order valence-electron chi connectivity index (χ3n) is 6.32. The number of fused-ring (bicyclic) bond motifs is 5. The van der Waals surface area contributed by atoms with Crippen LogP contribution >= 0.6 is 0 Å². The monoisotopic (exact) mass is 336 g/mol. The van der Waals surface area contributed by atoms with Gasteiger partial charge in [0, 0.05) is 17.8 Å². The maximum absolute atomic E-state index is 11.1. The molecule has 1 saturated heterocycles. The van der Waals surface area contributed by atoms with E-state index in [1.165, 1.54) is 5.57 Å². The first-order valence-corrected chi connectivity index (χ1v) is 9.14. The predicted octanol–water partition coefficient (Wildman–Crippen LogP) is 2.58. The molecule has 24 heavy (non-hydrogen) atoms. The van der Waals surface area contributed by atoms with Crippen LogP contribution in [0.1, 0.15) is 53.9 Å². The van der Waals surface area contributed by atoms with Gasteiger partial charge in [0.15, 0.2) is 0 Å². The van der Waals surface area contributed by atoms with Gasteiger partial charge in [-0.25, -0.2) is 0 Å². The first kappa shape index (κ1) is 18.1. The van der Waals surface area contributed by atoms with Crippen LogP contribution in [0.15, 0.2) is 23.3 Å². The van der Waals surface area contributed by atoms with Gasteiger partial charge in [-0.3, -0.25) is 0 Å². The smallest absolute Gasteiger partial charge is 0.0903 e. The van der Waals surface area contributed by atoms with Crippen molar-refractivity contribution in [3.63, 3.8) is 0 Å². The molecule has 136 valence electrons. The minimum absolute atomic E-state index is 0.00516. The van der Waals surface area contributed by atoms with Gasteiger partial charge in [0.1, 0.15) is 0 Å². The quantitative estimate of drug-likeness (QED) is 0.644. The van der Waals surface area contributed by atoms with Crippen molar-refractivity contribution in [2.75, 3.05) is 0 Å². The van der Waals surface area contributed by atoms with E-state index < -0.39 is 17.3 Å². The normalized spacial score (nSPS) is 48.5. The number of hydrogen-bond donors (Lipinski definition) is 3. The molecule has 2 aliphatic heterocycles. The van der Waals surface area contributed by atoms with Crippen LogP contribution in [0.25, 0.3) is 0 Å². The summed E-state index contributed by atoms with van der Waals surface area (Å²) in [7, 11) is 0. The van der Waals surface area contributed by atoms with E-state index in [9.17, 15) is 15.3 Å². The Kier molecular flexibility index (Phi) is 4.49. The van der Waals surface area contributed by atoms with Crippen molar-refractivity contribution in [3.8, 4) is 0 Å². The molecule has 0 unspecified atom stereocenters. The Hall–Kier alpha value is -0.680. The highest BCUT2D eigenvalue weighted by molar-refractivity contribution is 5.25. The Morgan fingerprint density at radius 3 is 2.58 bits per heavy atom. The van der Waals surface area contributed by atoms with Crippen molar-refractivity contribution < 1.29 is 20.1 Å². The van der Waals surface area contributed by atoms with Crippen LogP contribution in [-0.4, -0.2) is 44.8 Å². The molecule has 0 aromatic heterocycles. The van der Waals surface area contributed by atoms with Crippen molar-refractivity contribution >= 4 is 0 Å². The third kappa shape index (κ3) is 2.98. The van der Waals surface area contributed by atoms with Gasteiger partial charge in [-0.15, -0.1) is 0 Å². The number of rotatable bonds is 1. The molecule has 0 saturated carbocycles. The van der Waals surface area contributed by atoms with Crippen LogP contribution in [0, 0.1) is 17.8 Å². The molecule has 3 aliphatic rings. The Morgan fingerprint density at radius 2 is 1.96 bits per heavy atom. The van der Waals surface area contributed by atoms with Gasteiger partial charge in [-0.05, 0) is 53.9 Å². The van der Waals surface area contributed by atoms with Crippen molar-refractivity contribution in [3.05, 3.63) is 23.3 Å². The minimum atomic E-state index is -1.04. The average Bonchev–Trinajstić information content (AvgIpc) is 2.77. The maximum atomic E-state index is 11.1. The lowest BCUT2D eigenvalue weighted by molar-refractivity contribution is -0.140. The summed E-state index contributed by atoms with van der Waals surface area (Å²) in [6.07, 6.45) is 5.28. The lowest BCUT2D eigenvalue weighted by atomic mass is 9.61. The van der Waals surface area contributed by atoms with Crippen molar-refractivity contribution in [2.45, 2.75) is 83.4 Å². The van der Waals surface area contributed by atoms with Crippen molar-refractivity contribution in [1.29, 1.82) is 0 Å². The largest absolute Gasteiger partial charge is 0.390 e. The zero-order valence-corrected chi connectivity index (χ0v) is 15.5. The Balaban J connectivity index is 2.10. The molecule has 3 N–H and O–H groups in total. The van der Waals surface area contributed by atoms with E-state index in [0.717, 1.165) is 18.4 Å². The fraction of sp³-hybridized carbons (Fsp3) is 0.800. The number of aliphatic hydroxyl groups is 3. The SMILES string of the molecule is CC1=C[C@@H](O)[C@H](C(C)(C)O)[C@@H]2[C@H]1[C@@H]1C/C(C)=C\CC[C@@](C)(O)[C@H]2O1. The molecular formula is C20H32O4. The van der Waals surface area contributed by atoms with Crippen molar-refractivity contribution in [1.82, 2.24) is 0 Å². The molecule has 1 aliphatic carbocycles. The summed E-state index contributed by atoms with van der Waals surface area (Å²) in [5.74, 6) is -0.310. The summed E-state index contributed by atoms with van der Waals surface area (Å²) in [6.45, 7) is 9.51. The van der Waals surface area contributed by atoms with Crippen LogP contribution in [0.2, 0.25) is 0 Å². The topological polar surface area (TPSA) is 69.9 Å². The predicted molar refractivity (Wildman–Crippen MR) is 93.4 cm³/mol. The van der Waals surface area contributed by atoms with E-state index in [4.69, 9.17) is 4.74 Å². The van der Waals surface area contributed by atoms with E-state index >= 15 is 0 Å². The molecule has 7 atom stereocenters. The summed E-state index contributed by atoms with van der Waals surface area (Å²) < 4.78 is 6.41. The first-order valence-electron chi connectivity index (χ1n) is 9.14. The lowest BCUT2D eigenvalue weighted by Gasteiger charge is -2.46. The fourth-order valence-corrected chi connectivity index (χ4v) is 5.30. The standard InChI is InChI=1S/C20H32O4/c1-11-7-6-8-20(5,23)18-16-15(14(9-11)24-18)12(2)10-13(21)17(16)19(3,4)22/h7,10,13-18,21-23H,6,8-9H2,1-5H3/b11-7-/t13-,14+,15-,16+,17+,18+,20-/m1/s1. The molecule has 0 amide bonds. The second kappa shape index (κ2) is 5.94. The van der Waals surface area contributed by atoms with E-state index in [2.05, 4.69) is 13.0 Å². The molecular weight excluding hydrogens is 304 g/mol. The van der Waals surface area contributed by atoms with E-state index in [0.29, 0.717) is 6.42 Å². The Bertz CT molecular complexity index is 554. The zero-order chi connectivity index (χ0) is 17.9. The molecule has 2 heterocycles. The lowest BCUT2D eigenvalue weighted by Crippen LogP contribution is -2.55. The zero-order valence-electron chi connectivity index (χ0n) is 15.5. The summed E-state index contributed by atoms with van der Waals surface area (Å²) >= 11 is 0. The van der Waals surface area contributed by atoms with Gasteiger partial charge in [0.25, 0.3) is 0 Å². The molecule has 0 aromatic carbocycles. The highest BCUT2D eigenvalue weighted by Crippen LogP contribution is 2.53. The molecule has 0 radical (unpaired) electrons. The number of hydrogen-bond acceptors (Lipinski definition) is 4. The van der Waals surface area contributed by atoms with Gasteiger partial charge in [0.05, 0.1) is 29.5 Å². The molecule has 4 nitrogen and oxygen atoms in total.